The van der Waals surface area contributed by atoms with Crippen molar-refractivity contribution in [3.63, 3.8) is 0 Å². The van der Waals surface area contributed by atoms with Gasteiger partial charge in [-0.3, -0.25) is 4.79 Å². The van der Waals surface area contributed by atoms with Gasteiger partial charge in [0.2, 0.25) is 5.91 Å². The summed E-state index contributed by atoms with van der Waals surface area (Å²) in [5, 5.41) is 11.5. The fraction of sp³-hybridized carbons (Fsp3) is 0.273. The van der Waals surface area contributed by atoms with Gasteiger partial charge in [0.1, 0.15) is 0 Å². The van der Waals surface area contributed by atoms with Crippen LogP contribution in [-0.2, 0) is 4.79 Å². The van der Waals surface area contributed by atoms with Gasteiger partial charge in [0, 0.05) is 5.69 Å². The van der Waals surface area contributed by atoms with E-state index in [4.69, 9.17) is 10.8 Å². The smallest absolute Gasteiger partial charge is 0.336 e. The Balaban J connectivity index is 3.14. The third-order valence-corrected chi connectivity index (χ3v) is 2.37. The molecule has 5 nitrogen and oxygen atoms in total. The number of hydrogen-bond acceptors (Lipinski definition) is 3. The number of carbonyl (C=O) groups excluding carboxylic acids is 1. The van der Waals surface area contributed by atoms with Crippen LogP contribution >= 0.6 is 0 Å². The fourth-order valence-corrected chi connectivity index (χ4v) is 1.37. The molecule has 4 N–H and O–H groups in total. The average molecular weight is 222 g/mol. The molecule has 0 heterocycles. The standard InChI is InChI=1S/C11H14N2O3/c1-6-3-8(13-10(14)5-12)4-9(7(6)2)11(15)16/h3-4H,5,12H2,1-2H3,(H,13,14)(H,15,16). The number of aryl methyl sites for hydroxylation is 1. The molecule has 0 aliphatic rings. The molecule has 0 radical (unpaired) electrons. The quantitative estimate of drug-likeness (QED) is 0.708. The van der Waals surface area contributed by atoms with Crippen LogP contribution < -0.4 is 11.1 Å². The molecule has 1 rings (SSSR count). The van der Waals surface area contributed by atoms with Crippen LogP contribution in [0.1, 0.15) is 21.5 Å². The highest BCUT2D eigenvalue weighted by Gasteiger charge is 2.11. The van der Waals surface area contributed by atoms with Crippen molar-refractivity contribution in [2.75, 3.05) is 11.9 Å². The molecule has 0 aliphatic carbocycles. The van der Waals surface area contributed by atoms with Crippen LogP contribution in [0.25, 0.3) is 0 Å². The topological polar surface area (TPSA) is 92.4 Å². The molecule has 0 unspecified atom stereocenters. The Morgan fingerprint density at radius 3 is 2.50 bits per heavy atom. The summed E-state index contributed by atoms with van der Waals surface area (Å²) in [5.41, 5.74) is 7.30. The van der Waals surface area contributed by atoms with Gasteiger partial charge in [-0.2, -0.15) is 0 Å². The van der Waals surface area contributed by atoms with E-state index >= 15 is 0 Å². The van der Waals surface area contributed by atoms with E-state index in [0.717, 1.165) is 5.56 Å². The molecule has 86 valence electrons. The summed E-state index contributed by atoms with van der Waals surface area (Å²) in [6.45, 7) is 3.39. The lowest BCUT2D eigenvalue weighted by Gasteiger charge is -2.09. The number of rotatable bonds is 3. The largest absolute Gasteiger partial charge is 0.478 e. The first-order chi connectivity index (χ1) is 7.45. The van der Waals surface area contributed by atoms with Gasteiger partial charge in [-0.1, -0.05) is 0 Å². The zero-order valence-corrected chi connectivity index (χ0v) is 9.20. The molecule has 0 bridgehead atoms. The summed E-state index contributed by atoms with van der Waals surface area (Å²) in [6, 6.07) is 3.15. The van der Waals surface area contributed by atoms with Crippen LogP contribution in [-0.4, -0.2) is 23.5 Å². The van der Waals surface area contributed by atoms with E-state index in [-0.39, 0.29) is 18.0 Å². The van der Waals surface area contributed by atoms with Gasteiger partial charge < -0.3 is 16.2 Å². The number of aromatic carboxylic acids is 1. The second kappa shape index (κ2) is 4.76. The van der Waals surface area contributed by atoms with Crippen LogP contribution in [0, 0.1) is 13.8 Å². The fourth-order valence-electron chi connectivity index (χ4n) is 1.37. The summed E-state index contributed by atoms with van der Waals surface area (Å²) in [6.07, 6.45) is 0. The van der Waals surface area contributed by atoms with Crippen LogP contribution in [0.15, 0.2) is 12.1 Å². The molecule has 0 spiro atoms. The van der Waals surface area contributed by atoms with Gasteiger partial charge in [0.25, 0.3) is 0 Å². The minimum absolute atomic E-state index is 0.130. The normalized spacial score (nSPS) is 9.94. The van der Waals surface area contributed by atoms with Gasteiger partial charge >= 0.3 is 5.97 Å². The number of carboxylic acid groups (broad SMARTS) is 1. The molecule has 16 heavy (non-hydrogen) atoms. The lowest BCUT2D eigenvalue weighted by Crippen LogP contribution is -2.22. The molecular weight excluding hydrogens is 208 g/mol. The number of benzene rings is 1. The Bertz CT molecular complexity index is 441. The number of carbonyl (C=O) groups is 2. The van der Waals surface area contributed by atoms with Crippen LogP contribution in [0.4, 0.5) is 5.69 Å². The highest BCUT2D eigenvalue weighted by Crippen LogP contribution is 2.19. The molecule has 1 aromatic rings. The summed E-state index contributed by atoms with van der Waals surface area (Å²) < 4.78 is 0. The number of hydrogen-bond donors (Lipinski definition) is 3. The van der Waals surface area contributed by atoms with E-state index in [9.17, 15) is 9.59 Å². The predicted molar refractivity (Wildman–Crippen MR) is 60.6 cm³/mol. The monoisotopic (exact) mass is 222 g/mol. The molecule has 0 atom stereocenters. The molecule has 0 fully saturated rings. The van der Waals surface area contributed by atoms with Crippen molar-refractivity contribution in [2.45, 2.75) is 13.8 Å². The van der Waals surface area contributed by atoms with E-state index in [2.05, 4.69) is 5.32 Å². The summed E-state index contributed by atoms with van der Waals surface area (Å²) in [7, 11) is 0. The Hall–Kier alpha value is -1.88. The third-order valence-electron chi connectivity index (χ3n) is 2.37. The maximum atomic E-state index is 11.1. The van der Waals surface area contributed by atoms with Crippen molar-refractivity contribution in [3.05, 3.63) is 28.8 Å². The van der Waals surface area contributed by atoms with Crippen LogP contribution in [0.5, 0.6) is 0 Å². The number of nitrogens with one attached hydrogen (secondary N) is 1. The van der Waals surface area contributed by atoms with Crippen molar-refractivity contribution in [3.8, 4) is 0 Å². The van der Waals surface area contributed by atoms with Gasteiger partial charge in [0.15, 0.2) is 0 Å². The highest BCUT2D eigenvalue weighted by molar-refractivity contribution is 5.95. The zero-order chi connectivity index (χ0) is 12.3. The van der Waals surface area contributed by atoms with Crippen molar-refractivity contribution < 1.29 is 14.7 Å². The zero-order valence-electron chi connectivity index (χ0n) is 9.20. The van der Waals surface area contributed by atoms with E-state index in [1.165, 1.54) is 6.07 Å². The van der Waals surface area contributed by atoms with E-state index in [1.807, 2.05) is 0 Å². The maximum absolute atomic E-state index is 11.1. The summed E-state index contributed by atoms with van der Waals surface area (Å²) in [4.78, 5) is 22.0. The van der Waals surface area contributed by atoms with Crippen molar-refractivity contribution >= 4 is 17.6 Å². The molecule has 1 aromatic carbocycles. The van der Waals surface area contributed by atoms with Crippen molar-refractivity contribution in [1.29, 1.82) is 0 Å². The van der Waals surface area contributed by atoms with Crippen LogP contribution in [0.2, 0.25) is 0 Å². The van der Waals surface area contributed by atoms with Crippen molar-refractivity contribution in [1.82, 2.24) is 0 Å². The minimum Gasteiger partial charge on any atom is -0.478 e. The number of carboxylic acids is 1. The molecule has 1 amide bonds. The van der Waals surface area contributed by atoms with Gasteiger partial charge in [-0.15, -0.1) is 0 Å². The minimum atomic E-state index is -1.01. The molecule has 5 heteroatoms. The average Bonchev–Trinajstić information content (AvgIpc) is 2.22. The lowest BCUT2D eigenvalue weighted by molar-refractivity contribution is -0.114. The Kier molecular flexibility index (Phi) is 3.63. The first kappa shape index (κ1) is 12.2. The Labute approximate surface area is 93.3 Å². The maximum Gasteiger partial charge on any atom is 0.336 e. The number of anilines is 1. The SMILES string of the molecule is Cc1cc(NC(=O)CN)cc(C(=O)O)c1C. The molecule has 0 saturated carbocycles. The number of nitrogens with two attached hydrogens (primary N) is 1. The first-order valence-corrected chi connectivity index (χ1v) is 4.80. The van der Waals surface area contributed by atoms with E-state index in [0.29, 0.717) is 11.3 Å². The Morgan fingerprint density at radius 1 is 1.38 bits per heavy atom. The molecule has 0 aliphatic heterocycles. The highest BCUT2D eigenvalue weighted by atomic mass is 16.4. The third kappa shape index (κ3) is 2.58. The van der Waals surface area contributed by atoms with E-state index in [1.54, 1.807) is 19.9 Å². The van der Waals surface area contributed by atoms with E-state index < -0.39 is 5.97 Å². The Morgan fingerprint density at radius 2 is 2.00 bits per heavy atom. The number of amides is 1. The first-order valence-electron chi connectivity index (χ1n) is 4.80. The summed E-state index contributed by atoms with van der Waals surface area (Å²) in [5.74, 6) is -1.36. The lowest BCUT2D eigenvalue weighted by atomic mass is 10.0. The molecular formula is C11H14N2O3. The van der Waals surface area contributed by atoms with Crippen LogP contribution in [0.3, 0.4) is 0 Å². The van der Waals surface area contributed by atoms with Gasteiger partial charge in [-0.05, 0) is 37.1 Å². The van der Waals surface area contributed by atoms with Gasteiger partial charge in [0.05, 0.1) is 12.1 Å². The predicted octanol–water partition coefficient (Wildman–Crippen LogP) is 0.899. The second-order valence-corrected chi connectivity index (χ2v) is 3.52. The molecule has 0 aromatic heterocycles. The van der Waals surface area contributed by atoms with Crippen molar-refractivity contribution in [2.24, 2.45) is 5.73 Å². The summed E-state index contributed by atoms with van der Waals surface area (Å²) >= 11 is 0. The van der Waals surface area contributed by atoms with Gasteiger partial charge in [-0.25, -0.2) is 4.79 Å². The second-order valence-electron chi connectivity index (χ2n) is 3.52. The molecule has 0 saturated heterocycles.